The molecular weight excluding hydrogens is 120 g/mol. The maximum Gasteiger partial charge on any atom is 0.210 e. The van der Waals surface area contributed by atoms with Crippen molar-refractivity contribution in [2.45, 2.75) is 0 Å². The van der Waals surface area contributed by atoms with Crippen LogP contribution in [0.25, 0.3) is 0 Å². The average Bonchev–Trinajstić information content (AvgIpc) is 1.87. The van der Waals surface area contributed by atoms with Gasteiger partial charge >= 0.3 is 0 Å². The Morgan fingerprint density at radius 2 is 2.00 bits per heavy atom. The summed E-state index contributed by atoms with van der Waals surface area (Å²) in [4.78, 5) is 0. The Morgan fingerprint density at radius 3 is 2.33 bits per heavy atom. The van der Waals surface area contributed by atoms with E-state index in [1.807, 2.05) is 0 Å². The van der Waals surface area contributed by atoms with Gasteiger partial charge in [0, 0.05) is 0 Å². The Hall–Kier alpha value is -1.19. The first-order chi connectivity index (χ1) is 4.20. The van der Waals surface area contributed by atoms with Crippen LogP contribution in [0, 0.1) is 5.41 Å². The molecule has 0 atom stereocenters. The van der Waals surface area contributed by atoms with Gasteiger partial charge in [0.15, 0.2) is 5.88 Å². The normalized spacial score (nSPS) is 10.7. The SMILES string of the molecule is COC(=N)C=C(N)OC. The summed E-state index contributed by atoms with van der Waals surface area (Å²) >= 11 is 0. The first-order valence-corrected chi connectivity index (χ1v) is 2.34. The van der Waals surface area contributed by atoms with Gasteiger partial charge < -0.3 is 15.2 Å². The molecule has 9 heavy (non-hydrogen) atoms. The monoisotopic (exact) mass is 130 g/mol. The molecule has 0 heterocycles. The molecule has 0 amide bonds. The second kappa shape index (κ2) is 3.77. The van der Waals surface area contributed by atoms with Crippen LogP contribution in [0.4, 0.5) is 0 Å². The predicted molar refractivity (Wildman–Crippen MR) is 34.0 cm³/mol. The molecule has 4 nitrogen and oxygen atoms in total. The number of nitrogens with two attached hydrogens (primary N) is 1. The summed E-state index contributed by atoms with van der Waals surface area (Å²) in [5, 5.41) is 6.91. The Balaban J connectivity index is 3.79. The summed E-state index contributed by atoms with van der Waals surface area (Å²) < 4.78 is 9.01. The van der Waals surface area contributed by atoms with E-state index in [1.165, 1.54) is 20.3 Å². The van der Waals surface area contributed by atoms with Crippen molar-refractivity contribution in [3.8, 4) is 0 Å². The number of ether oxygens (including phenoxy) is 2. The number of hydrogen-bond donors (Lipinski definition) is 2. The molecule has 0 saturated carbocycles. The highest BCUT2D eigenvalue weighted by Gasteiger charge is 1.89. The Kier molecular flexibility index (Phi) is 3.27. The van der Waals surface area contributed by atoms with E-state index in [0.717, 1.165) is 0 Å². The van der Waals surface area contributed by atoms with E-state index in [9.17, 15) is 0 Å². The van der Waals surface area contributed by atoms with Crippen LogP contribution < -0.4 is 5.73 Å². The molecule has 0 fully saturated rings. The van der Waals surface area contributed by atoms with E-state index in [0.29, 0.717) is 0 Å². The first kappa shape index (κ1) is 7.81. The third-order valence-corrected chi connectivity index (χ3v) is 0.729. The zero-order valence-electron chi connectivity index (χ0n) is 5.47. The van der Waals surface area contributed by atoms with E-state index in [1.54, 1.807) is 0 Å². The fourth-order valence-corrected chi connectivity index (χ4v) is 0.247. The van der Waals surface area contributed by atoms with Crippen molar-refractivity contribution >= 4 is 5.90 Å². The number of methoxy groups -OCH3 is 2. The van der Waals surface area contributed by atoms with Gasteiger partial charge in [0.2, 0.25) is 5.90 Å². The van der Waals surface area contributed by atoms with Gasteiger partial charge in [-0.15, -0.1) is 0 Å². The van der Waals surface area contributed by atoms with Gasteiger partial charge in [-0.3, -0.25) is 5.41 Å². The van der Waals surface area contributed by atoms with Crippen molar-refractivity contribution in [1.82, 2.24) is 0 Å². The lowest BCUT2D eigenvalue weighted by Gasteiger charge is -1.97. The summed E-state index contributed by atoms with van der Waals surface area (Å²) in [5.74, 6) is 0.149. The van der Waals surface area contributed by atoms with Gasteiger partial charge in [-0.25, -0.2) is 0 Å². The van der Waals surface area contributed by atoms with E-state index < -0.39 is 0 Å². The molecule has 52 valence electrons. The highest BCUT2D eigenvalue weighted by Crippen LogP contribution is 1.84. The Morgan fingerprint density at radius 1 is 1.44 bits per heavy atom. The molecule has 0 radical (unpaired) electrons. The molecule has 0 bridgehead atoms. The lowest BCUT2D eigenvalue weighted by molar-refractivity contribution is 0.286. The van der Waals surface area contributed by atoms with Crippen molar-refractivity contribution in [1.29, 1.82) is 5.41 Å². The van der Waals surface area contributed by atoms with Crippen LogP contribution in [0.1, 0.15) is 0 Å². The second-order valence-corrected chi connectivity index (χ2v) is 1.32. The Labute approximate surface area is 53.8 Å². The summed E-state index contributed by atoms with van der Waals surface area (Å²) in [6.45, 7) is 0. The van der Waals surface area contributed by atoms with E-state index in [4.69, 9.17) is 11.1 Å². The molecule has 0 aromatic heterocycles. The fourth-order valence-electron chi connectivity index (χ4n) is 0.247. The molecular formula is C5H10N2O2. The van der Waals surface area contributed by atoms with Crippen molar-refractivity contribution in [2.24, 2.45) is 5.73 Å². The molecule has 0 aliphatic carbocycles. The lowest BCUT2D eigenvalue weighted by atomic mass is 10.6. The van der Waals surface area contributed by atoms with Crippen molar-refractivity contribution in [3.63, 3.8) is 0 Å². The minimum atomic E-state index is -0.0191. The number of nitrogens with one attached hydrogen (secondary N) is 1. The third kappa shape index (κ3) is 3.40. The lowest BCUT2D eigenvalue weighted by Crippen LogP contribution is -2.04. The minimum Gasteiger partial charge on any atom is -0.483 e. The predicted octanol–water partition coefficient (Wildman–Crippen LogP) is 0.0566. The molecule has 4 heteroatoms. The number of rotatable bonds is 2. The van der Waals surface area contributed by atoms with Crippen LogP contribution in [0.15, 0.2) is 12.0 Å². The maximum absolute atomic E-state index is 6.91. The molecule has 0 aromatic rings. The van der Waals surface area contributed by atoms with Gasteiger partial charge in [-0.2, -0.15) is 0 Å². The van der Waals surface area contributed by atoms with E-state index in [-0.39, 0.29) is 11.8 Å². The van der Waals surface area contributed by atoms with Crippen molar-refractivity contribution < 1.29 is 9.47 Å². The summed E-state index contributed by atoms with van der Waals surface area (Å²) in [6, 6.07) is 0. The largest absolute Gasteiger partial charge is 0.483 e. The standard InChI is InChI=1S/C5H10N2O2/c1-8-4(6)3-5(7)9-2/h3,6H,7H2,1-2H3. The minimum absolute atomic E-state index is 0.0191. The smallest absolute Gasteiger partial charge is 0.210 e. The molecule has 0 aromatic carbocycles. The number of hydrogen-bond acceptors (Lipinski definition) is 4. The summed E-state index contributed by atoms with van der Waals surface area (Å²) in [6.07, 6.45) is 1.28. The van der Waals surface area contributed by atoms with Crippen LogP contribution in [0.5, 0.6) is 0 Å². The third-order valence-electron chi connectivity index (χ3n) is 0.729. The van der Waals surface area contributed by atoms with Crippen molar-refractivity contribution in [3.05, 3.63) is 12.0 Å². The van der Waals surface area contributed by atoms with Gasteiger partial charge in [-0.05, 0) is 0 Å². The average molecular weight is 130 g/mol. The van der Waals surface area contributed by atoms with Crippen LogP contribution in [0.2, 0.25) is 0 Å². The molecule has 0 saturated heterocycles. The van der Waals surface area contributed by atoms with E-state index >= 15 is 0 Å². The quantitative estimate of drug-likeness (QED) is 0.315. The summed E-state index contributed by atoms with van der Waals surface area (Å²) in [7, 11) is 2.82. The van der Waals surface area contributed by atoms with Crippen LogP contribution in [-0.2, 0) is 9.47 Å². The highest BCUT2D eigenvalue weighted by molar-refractivity contribution is 5.84. The topological polar surface area (TPSA) is 68.3 Å². The fraction of sp³-hybridized carbons (Fsp3) is 0.400. The molecule has 3 N–H and O–H groups in total. The van der Waals surface area contributed by atoms with E-state index in [2.05, 4.69) is 9.47 Å². The Bertz CT molecular complexity index is 131. The zero-order valence-corrected chi connectivity index (χ0v) is 5.47. The maximum atomic E-state index is 6.91. The van der Waals surface area contributed by atoms with Gasteiger partial charge in [-0.1, -0.05) is 0 Å². The second-order valence-electron chi connectivity index (χ2n) is 1.32. The molecule has 0 unspecified atom stereocenters. The zero-order chi connectivity index (χ0) is 7.28. The van der Waals surface area contributed by atoms with Crippen LogP contribution >= 0.6 is 0 Å². The summed E-state index contributed by atoms with van der Waals surface area (Å²) in [5.41, 5.74) is 5.17. The van der Waals surface area contributed by atoms with Crippen LogP contribution in [0.3, 0.4) is 0 Å². The molecule has 0 spiro atoms. The highest BCUT2D eigenvalue weighted by atomic mass is 16.5. The first-order valence-electron chi connectivity index (χ1n) is 2.34. The molecule has 0 rings (SSSR count). The van der Waals surface area contributed by atoms with Gasteiger partial charge in [0.05, 0.1) is 20.3 Å². The van der Waals surface area contributed by atoms with Gasteiger partial charge in [0.1, 0.15) is 0 Å². The van der Waals surface area contributed by atoms with Gasteiger partial charge in [0.25, 0.3) is 0 Å². The molecule has 0 aliphatic heterocycles. The van der Waals surface area contributed by atoms with Crippen molar-refractivity contribution in [2.75, 3.05) is 14.2 Å². The molecule has 0 aliphatic rings. The van der Waals surface area contributed by atoms with Crippen LogP contribution in [-0.4, -0.2) is 20.1 Å².